The van der Waals surface area contributed by atoms with Crippen molar-refractivity contribution in [3.8, 4) is 0 Å². The van der Waals surface area contributed by atoms with E-state index in [2.05, 4.69) is 18.8 Å². The second-order valence-electron chi connectivity index (χ2n) is 5.59. The number of aliphatic imine (C=N–C) groups is 1. The van der Waals surface area contributed by atoms with Crippen LogP contribution in [-0.4, -0.2) is 18.5 Å². The molecule has 0 amide bonds. The van der Waals surface area contributed by atoms with Crippen LogP contribution in [0.25, 0.3) is 0 Å². The van der Waals surface area contributed by atoms with Crippen molar-refractivity contribution in [2.24, 2.45) is 4.99 Å². The van der Waals surface area contributed by atoms with Crippen LogP contribution in [0.3, 0.4) is 0 Å². The Balaban J connectivity index is 1.76. The van der Waals surface area contributed by atoms with E-state index in [1.165, 1.54) is 64.2 Å². The molecule has 0 spiro atoms. The summed E-state index contributed by atoms with van der Waals surface area (Å²) in [6, 6.07) is 0. The molecule has 0 aromatic rings. The first kappa shape index (κ1) is 15.5. The summed E-state index contributed by atoms with van der Waals surface area (Å²) in [7, 11) is 0. The van der Waals surface area contributed by atoms with Gasteiger partial charge in [0.05, 0.1) is 6.54 Å². The quantitative estimate of drug-likeness (QED) is 0.469. The van der Waals surface area contributed by atoms with Crippen molar-refractivity contribution < 1.29 is 4.74 Å². The van der Waals surface area contributed by atoms with Crippen molar-refractivity contribution in [2.75, 3.05) is 6.54 Å². The summed E-state index contributed by atoms with van der Waals surface area (Å²) in [5.74, 6) is 1.00. The van der Waals surface area contributed by atoms with Crippen LogP contribution in [-0.2, 0) is 4.74 Å². The molecule has 2 heteroatoms. The lowest BCUT2D eigenvalue weighted by Gasteiger charge is -2.05. The summed E-state index contributed by atoms with van der Waals surface area (Å²) in [5.41, 5.74) is 0. The maximum Gasteiger partial charge on any atom is 0.183 e. The van der Waals surface area contributed by atoms with Gasteiger partial charge in [-0.15, -0.1) is 0 Å². The lowest BCUT2D eigenvalue weighted by molar-refractivity contribution is 0.238. The minimum absolute atomic E-state index is 0.322. The Morgan fingerprint density at radius 3 is 2.00 bits per heavy atom. The van der Waals surface area contributed by atoms with E-state index in [9.17, 15) is 0 Å². The van der Waals surface area contributed by atoms with Gasteiger partial charge in [-0.2, -0.15) is 0 Å². The van der Waals surface area contributed by atoms with Crippen LogP contribution in [0.1, 0.15) is 84.5 Å². The summed E-state index contributed by atoms with van der Waals surface area (Å²) >= 11 is 0. The van der Waals surface area contributed by atoms with Gasteiger partial charge in [-0.3, -0.25) is 4.99 Å². The fourth-order valence-corrected chi connectivity index (χ4v) is 2.44. The molecule has 0 aliphatic carbocycles. The van der Waals surface area contributed by atoms with Gasteiger partial charge in [0.25, 0.3) is 0 Å². The zero-order valence-corrected chi connectivity index (χ0v) is 12.4. The van der Waals surface area contributed by atoms with Gasteiger partial charge < -0.3 is 4.74 Å². The molecule has 18 heavy (non-hydrogen) atoms. The third-order valence-corrected chi connectivity index (χ3v) is 3.61. The molecule has 0 saturated carbocycles. The second-order valence-corrected chi connectivity index (χ2v) is 5.59. The Morgan fingerprint density at radius 1 is 0.944 bits per heavy atom. The molecule has 1 aliphatic rings. The van der Waals surface area contributed by atoms with Crippen molar-refractivity contribution in [2.45, 2.75) is 90.6 Å². The molecule has 0 N–H and O–H groups in total. The lowest BCUT2D eigenvalue weighted by atomic mass is 10.1. The van der Waals surface area contributed by atoms with Gasteiger partial charge in [0.1, 0.15) is 6.10 Å². The maximum atomic E-state index is 5.59. The molecular formula is C16H31NO. The van der Waals surface area contributed by atoms with E-state index >= 15 is 0 Å². The standard InChI is InChI=1S/C16H31NO/c1-3-4-5-6-7-8-9-10-11-12-13-16-17-14-15(2)18-16/h15H,3-14H2,1-2H3. The number of ether oxygens (including phenoxy) is 1. The molecule has 0 aromatic carbocycles. The molecule has 1 aliphatic heterocycles. The Kier molecular flexibility index (Phi) is 8.97. The predicted octanol–water partition coefficient (Wildman–Crippen LogP) is 5.11. The van der Waals surface area contributed by atoms with E-state index in [0.717, 1.165) is 18.9 Å². The third kappa shape index (κ3) is 7.73. The monoisotopic (exact) mass is 253 g/mol. The van der Waals surface area contributed by atoms with Gasteiger partial charge in [0, 0.05) is 6.42 Å². The number of rotatable bonds is 11. The first-order valence-electron chi connectivity index (χ1n) is 8.03. The molecular weight excluding hydrogens is 222 g/mol. The molecule has 0 bridgehead atoms. The molecule has 1 atom stereocenters. The minimum atomic E-state index is 0.322. The first-order chi connectivity index (χ1) is 8.83. The van der Waals surface area contributed by atoms with E-state index in [1.54, 1.807) is 0 Å². The Morgan fingerprint density at radius 2 is 1.50 bits per heavy atom. The Labute approximate surface area is 113 Å². The van der Waals surface area contributed by atoms with Gasteiger partial charge in [-0.05, 0) is 13.3 Å². The van der Waals surface area contributed by atoms with Crippen LogP contribution in [0.4, 0.5) is 0 Å². The largest absolute Gasteiger partial charge is 0.476 e. The van der Waals surface area contributed by atoms with Crippen LogP contribution in [0.15, 0.2) is 4.99 Å². The summed E-state index contributed by atoms with van der Waals surface area (Å²) in [6.07, 6.45) is 15.3. The Bertz CT molecular complexity index is 225. The van der Waals surface area contributed by atoms with E-state index < -0.39 is 0 Å². The highest BCUT2D eigenvalue weighted by atomic mass is 16.5. The highest BCUT2D eigenvalue weighted by Gasteiger charge is 2.13. The molecule has 0 fully saturated rings. The van der Waals surface area contributed by atoms with Crippen LogP contribution in [0, 0.1) is 0 Å². The normalized spacial score (nSPS) is 18.8. The number of hydrogen-bond acceptors (Lipinski definition) is 2. The molecule has 0 saturated heterocycles. The fraction of sp³-hybridized carbons (Fsp3) is 0.938. The van der Waals surface area contributed by atoms with E-state index in [1.807, 2.05) is 0 Å². The van der Waals surface area contributed by atoms with Gasteiger partial charge in [0.15, 0.2) is 5.90 Å². The van der Waals surface area contributed by atoms with Gasteiger partial charge in [0.2, 0.25) is 0 Å². The summed E-state index contributed by atoms with van der Waals surface area (Å²) in [4.78, 5) is 4.39. The third-order valence-electron chi connectivity index (χ3n) is 3.61. The predicted molar refractivity (Wildman–Crippen MR) is 79.3 cm³/mol. The minimum Gasteiger partial charge on any atom is -0.476 e. The van der Waals surface area contributed by atoms with Gasteiger partial charge in [-0.25, -0.2) is 0 Å². The summed E-state index contributed by atoms with van der Waals surface area (Å²) < 4.78 is 5.59. The SMILES string of the molecule is CCCCCCCCCCCCC1=NCC(C)O1. The van der Waals surface area contributed by atoms with Crippen LogP contribution >= 0.6 is 0 Å². The molecule has 0 radical (unpaired) electrons. The highest BCUT2D eigenvalue weighted by Crippen LogP contribution is 2.13. The molecule has 1 unspecified atom stereocenters. The topological polar surface area (TPSA) is 21.6 Å². The van der Waals surface area contributed by atoms with Crippen molar-refractivity contribution in [1.29, 1.82) is 0 Å². The van der Waals surface area contributed by atoms with E-state index in [4.69, 9.17) is 4.74 Å². The Hall–Kier alpha value is -0.530. The highest BCUT2D eigenvalue weighted by molar-refractivity contribution is 5.77. The summed E-state index contributed by atoms with van der Waals surface area (Å²) in [6.45, 7) is 5.24. The second kappa shape index (κ2) is 10.4. The molecule has 106 valence electrons. The van der Waals surface area contributed by atoms with E-state index in [0.29, 0.717) is 6.10 Å². The average Bonchev–Trinajstić information content (AvgIpc) is 2.77. The number of hydrogen-bond donors (Lipinski definition) is 0. The molecule has 2 nitrogen and oxygen atoms in total. The number of unbranched alkanes of at least 4 members (excludes halogenated alkanes) is 9. The first-order valence-corrected chi connectivity index (χ1v) is 8.03. The van der Waals surface area contributed by atoms with Gasteiger partial charge >= 0.3 is 0 Å². The van der Waals surface area contributed by atoms with Crippen molar-refractivity contribution in [1.82, 2.24) is 0 Å². The van der Waals surface area contributed by atoms with Gasteiger partial charge in [-0.1, -0.05) is 64.7 Å². The maximum absolute atomic E-state index is 5.59. The zero-order chi connectivity index (χ0) is 13.1. The lowest BCUT2D eigenvalue weighted by Crippen LogP contribution is -2.07. The zero-order valence-electron chi connectivity index (χ0n) is 12.4. The number of nitrogens with zero attached hydrogens (tertiary/aromatic N) is 1. The molecule has 0 aromatic heterocycles. The van der Waals surface area contributed by atoms with Crippen LogP contribution < -0.4 is 0 Å². The molecule has 1 rings (SSSR count). The van der Waals surface area contributed by atoms with Crippen LogP contribution in [0.5, 0.6) is 0 Å². The summed E-state index contributed by atoms with van der Waals surface area (Å²) in [5, 5.41) is 0. The average molecular weight is 253 g/mol. The fourth-order valence-electron chi connectivity index (χ4n) is 2.44. The van der Waals surface area contributed by atoms with Crippen molar-refractivity contribution >= 4 is 5.90 Å². The van der Waals surface area contributed by atoms with Crippen molar-refractivity contribution in [3.05, 3.63) is 0 Å². The van der Waals surface area contributed by atoms with E-state index in [-0.39, 0.29) is 0 Å². The van der Waals surface area contributed by atoms with Crippen LogP contribution in [0.2, 0.25) is 0 Å². The smallest absolute Gasteiger partial charge is 0.183 e. The molecule has 1 heterocycles. The van der Waals surface area contributed by atoms with Crippen molar-refractivity contribution in [3.63, 3.8) is 0 Å².